The summed E-state index contributed by atoms with van der Waals surface area (Å²) < 4.78 is 60.6. The summed E-state index contributed by atoms with van der Waals surface area (Å²) in [6, 6.07) is 7.76. The molecule has 3 rings (SSSR count). The smallest absolute Gasteiger partial charge is 0.478 e. The number of nitrogens with zero attached hydrogens (tertiary/aromatic N) is 1. The number of carbonyl (C=O) groups is 2. The van der Waals surface area contributed by atoms with E-state index in [9.17, 15) is 31.5 Å². The quantitative estimate of drug-likeness (QED) is 0.466. The number of rotatable bonds is 5. The largest absolute Gasteiger partial charge is 0.490 e. The molecule has 3 N–H and O–H groups in total. The fourth-order valence-corrected chi connectivity index (χ4v) is 6.15. The number of hydrogen-bond acceptors (Lipinski definition) is 6. The number of aliphatic carboxylic acids is 1. The Hall–Kier alpha value is -2.32. The van der Waals surface area contributed by atoms with E-state index in [0.717, 1.165) is 37.3 Å². The van der Waals surface area contributed by atoms with Crippen LogP contribution in [0, 0.1) is 5.92 Å². The molecule has 2 aromatic rings. The summed E-state index contributed by atoms with van der Waals surface area (Å²) in [5, 5.41) is 16.4. The number of alkyl halides is 3. The van der Waals surface area contributed by atoms with Gasteiger partial charge in [0.2, 0.25) is 0 Å². The van der Waals surface area contributed by atoms with Gasteiger partial charge >= 0.3 is 18.1 Å². The minimum absolute atomic E-state index is 0.0452. The SMILES string of the molecule is CC1CCCN(c2ccc(C(=O)O)cc2NS(=O)(=O)c2ccc(Br)s2)C1.O=C(O)C(F)(F)F. The van der Waals surface area contributed by atoms with E-state index in [1.54, 1.807) is 12.1 Å². The van der Waals surface area contributed by atoms with Crippen LogP contribution in [0.25, 0.3) is 0 Å². The average Bonchev–Trinajstić information content (AvgIpc) is 3.15. The molecule has 0 saturated carbocycles. The van der Waals surface area contributed by atoms with Crippen molar-refractivity contribution >= 4 is 60.6 Å². The van der Waals surface area contributed by atoms with E-state index < -0.39 is 28.1 Å². The van der Waals surface area contributed by atoms with Gasteiger partial charge in [-0.1, -0.05) is 6.92 Å². The maximum atomic E-state index is 12.7. The third-order valence-electron chi connectivity index (χ3n) is 4.54. The Morgan fingerprint density at radius 3 is 2.33 bits per heavy atom. The van der Waals surface area contributed by atoms with Crippen LogP contribution in [0.5, 0.6) is 0 Å². The van der Waals surface area contributed by atoms with Gasteiger partial charge in [0.15, 0.2) is 0 Å². The second kappa shape index (κ2) is 10.7. The summed E-state index contributed by atoms with van der Waals surface area (Å²) in [5.41, 5.74) is 1.05. The zero-order valence-electron chi connectivity index (χ0n) is 17.1. The molecule has 182 valence electrons. The van der Waals surface area contributed by atoms with Crippen molar-refractivity contribution in [1.29, 1.82) is 0 Å². The Morgan fingerprint density at radius 1 is 1.21 bits per heavy atom. The first-order valence-corrected chi connectivity index (χ1v) is 12.5. The van der Waals surface area contributed by atoms with Gasteiger partial charge in [0, 0.05) is 13.1 Å². The highest BCUT2D eigenvalue weighted by molar-refractivity contribution is 9.11. The number of anilines is 2. The zero-order valence-corrected chi connectivity index (χ0v) is 20.3. The zero-order chi connectivity index (χ0) is 25.0. The summed E-state index contributed by atoms with van der Waals surface area (Å²) in [6.07, 6.45) is -2.93. The van der Waals surface area contributed by atoms with Crippen molar-refractivity contribution in [2.75, 3.05) is 22.7 Å². The summed E-state index contributed by atoms with van der Waals surface area (Å²) in [4.78, 5) is 22.3. The van der Waals surface area contributed by atoms with Gasteiger partial charge in [-0.05, 0) is 65.0 Å². The van der Waals surface area contributed by atoms with E-state index in [2.05, 4.69) is 32.5 Å². The Bertz CT molecular complexity index is 1120. The summed E-state index contributed by atoms with van der Waals surface area (Å²) in [6.45, 7) is 3.78. The number of sulfonamides is 1. The first kappa shape index (κ1) is 26.9. The van der Waals surface area contributed by atoms with E-state index in [-0.39, 0.29) is 9.77 Å². The first-order valence-electron chi connectivity index (χ1n) is 9.41. The van der Waals surface area contributed by atoms with Crippen LogP contribution in [0.2, 0.25) is 0 Å². The minimum atomic E-state index is -5.08. The number of halogens is 4. The number of nitrogens with one attached hydrogen (secondary N) is 1. The van der Waals surface area contributed by atoms with Gasteiger partial charge < -0.3 is 15.1 Å². The molecule has 1 saturated heterocycles. The van der Waals surface area contributed by atoms with Gasteiger partial charge in [-0.2, -0.15) is 13.2 Å². The normalized spacial score (nSPS) is 16.5. The molecule has 1 fully saturated rings. The number of piperidine rings is 1. The monoisotopic (exact) mass is 572 g/mol. The number of carboxylic acid groups (broad SMARTS) is 2. The highest BCUT2D eigenvalue weighted by atomic mass is 79.9. The molecule has 0 amide bonds. The van der Waals surface area contributed by atoms with Crippen LogP contribution in [0.3, 0.4) is 0 Å². The number of benzene rings is 1. The van der Waals surface area contributed by atoms with Crippen LogP contribution in [0.15, 0.2) is 38.3 Å². The van der Waals surface area contributed by atoms with Crippen LogP contribution in [0.1, 0.15) is 30.1 Å². The second-order valence-electron chi connectivity index (χ2n) is 7.20. The maximum Gasteiger partial charge on any atom is 0.490 e. The molecule has 0 bridgehead atoms. The molecule has 0 radical (unpaired) electrons. The fourth-order valence-electron chi connectivity index (χ4n) is 3.07. The first-order chi connectivity index (χ1) is 15.2. The Morgan fingerprint density at radius 2 is 1.85 bits per heavy atom. The van der Waals surface area contributed by atoms with Gasteiger partial charge in [-0.3, -0.25) is 4.72 Å². The van der Waals surface area contributed by atoms with E-state index in [1.807, 2.05) is 0 Å². The second-order valence-corrected chi connectivity index (χ2v) is 11.6. The molecule has 8 nitrogen and oxygen atoms in total. The predicted molar refractivity (Wildman–Crippen MR) is 121 cm³/mol. The van der Waals surface area contributed by atoms with Gasteiger partial charge in [0.25, 0.3) is 10.0 Å². The van der Waals surface area contributed by atoms with Gasteiger partial charge in [0.1, 0.15) is 4.21 Å². The van der Waals surface area contributed by atoms with Gasteiger partial charge in [0.05, 0.1) is 20.7 Å². The summed E-state index contributed by atoms with van der Waals surface area (Å²) in [7, 11) is -3.79. The third-order valence-corrected chi connectivity index (χ3v) is 8.02. The highest BCUT2D eigenvalue weighted by Crippen LogP contribution is 2.34. The summed E-state index contributed by atoms with van der Waals surface area (Å²) >= 11 is 4.37. The molecule has 0 aliphatic carbocycles. The van der Waals surface area contributed by atoms with Crippen molar-refractivity contribution in [2.45, 2.75) is 30.2 Å². The van der Waals surface area contributed by atoms with E-state index in [4.69, 9.17) is 9.90 Å². The lowest BCUT2D eigenvalue weighted by Gasteiger charge is -2.34. The molecule has 14 heteroatoms. The van der Waals surface area contributed by atoms with Gasteiger partial charge in [-0.15, -0.1) is 11.3 Å². The van der Waals surface area contributed by atoms with Crippen molar-refractivity contribution in [3.05, 3.63) is 39.7 Å². The lowest BCUT2D eigenvalue weighted by atomic mass is 9.99. The minimum Gasteiger partial charge on any atom is -0.478 e. The Kier molecular flexibility index (Phi) is 8.76. The topological polar surface area (TPSA) is 124 Å². The molecule has 1 aromatic heterocycles. The van der Waals surface area contributed by atoms with E-state index in [1.165, 1.54) is 18.2 Å². The average molecular weight is 573 g/mol. The molecule has 33 heavy (non-hydrogen) atoms. The summed E-state index contributed by atoms with van der Waals surface area (Å²) in [5.74, 6) is -3.35. The van der Waals surface area contributed by atoms with Crippen molar-refractivity contribution < 1.29 is 41.4 Å². The lowest BCUT2D eigenvalue weighted by Crippen LogP contribution is -2.35. The molecular weight excluding hydrogens is 553 g/mol. The van der Waals surface area contributed by atoms with Crippen molar-refractivity contribution in [3.63, 3.8) is 0 Å². The lowest BCUT2D eigenvalue weighted by molar-refractivity contribution is -0.192. The fraction of sp³-hybridized carbons (Fsp3) is 0.368. The maximum absolute atomic E-state index is 12.7. The van der Waals surface area contributed by atoms with Crippen molar-refractivity contribution in [3.8, 4) is 0 Å². The van der Waals surface area contributed by atoms with Crippen LogP contribution < -0.4 is 9.62 Å². The number of aromatic carboxylic acids is 1. The molecule has 1 aliphatic rings. The molecule has 1 aliphatic heterocycles. The van der Waals surface area contributed by atoms with Crippen LogP contribution in [0.4, 0.5) is 24.5 Å². The predicted octanol–water partition coefficient (Wildman–Crippen LogP) is 4.88. The van der Waals surface area contributed by atoms with Gasteiger partial charge in [-0.25, -0.2) is 18.0 Å². The molecule has 0 spiro atoms. The Labute approximate surface area is 200 Å². The number of thiophene rings is 1. The molecule has 1 atom stereocenters. The Balaban J connectivity index is 0.000000479. The number of hydrogen-bond donors (Lipinski definition) is 3. The molecule has 1 aromatic carbocycles. The molecule has 2 heterocycles. The van der Waals surface area contributed by atoms with E-state index in [0.29, 0.717) is 21.1 Å². The van der Waals surface area contributed by atoms with Crippen molar-refractivity contribution in [2.24, 2.45) is 5.92 Å². The van der Waals surface area contributed by atoms with Crippen LogP contribution >= 0.6 is 27.3 Å². The van der Waals surface area contributed by atoms with Crippen LogP contribution in [-0.2, 0) is 14.8 Å². The molecule has 1 unspecified atom stereocenters. The van der Waals surface area contributed by atoms with Crippen molar-refractivity contribution in [1.82, 2.24) is 0 Å². The molecular formula is C19H20BrF3N2O6S2. The third kappa shape index (κ3) is 7.61. The van der Waals surface area contributed by atoms with E-state index >= 15 is 0 Å². The number of carboxylic acids is 2. The standard InChI is InChI=1S/C17H19BrN2O4S2.C2HF3O2/c1-11-3-2-8-20(10-11)14-5-4-12(17(21)22)9-13(14)19-26(23,24)16-7-6-15(18)25-16;3-2(4,5)1(6)7/h4-7,9,11,19H,2-3,8,10H2,1H3,(H,21,22);(H,6,7). The van der Waals surface area contributed by atoms with Crippen LogP contribution in [-0.4, -0.2) is 49.8 Å². The highest BCUT2D eigenvalue weighted by Gasteiger charge is 2.38.